The van der Waals surface area contributed by atoms with Gasteiger partial charge in [-0.3, -0.25) is 0 Å². The van der Waals surface area contributed by atoms with Crippen LogP contribution < -0.4 is 10.6 Å². The molecule has 0 aliphatic heterocycles. The van der Waals surface area contributed by atoms with Crippen LogP contribution in [0.3, 0.4) is 0 Å². The Morgan fingerprint density at radius 1 is 1.28 bits per heavy atom. The zero-order chi connectivity index (χ0) is 14.3. The van der Waals surface area contributed by atoms with E-state index in [-0.39, 0.29) is 6.04 Å². The molecule has 106 valence electrons. The zero-order valence-electron chi connectivity index (χ0n) is 11.7. The van der Waals surface area contributed by atoms with Crippen LogP contribution in [-0.4, -0.2) is 40.7 Å². The van der Waals surface area contributed by atoms with E-state index < -0.39 is 23.5 Å². The van der Waals surface area contributed by atoms with Gasteiger partial charge in [0.15, 0.2) is 0 Å². The maximum Gasteiger partial charge on any atom is 0.326 e. The smallest absolute Gasteiger partial charge is 0.326 e. The molecule has 0 saturated heterocycles. The Balaban J connectivity index is 4.31. The largest absolute Gasteiger partial charge is 0.480 e. The predicted molar refractivity (Wildman–Crippen MR) is 75.0 cm³/mol. The van der Waals surface area contributed by atoms with E-state index in [0.717, 1.165) is 11.5 Å². The Morgan fingerprint density at radius 2 is 1.83 bits per heavy atom. The molecule has 0 radical (unpaired) electrons. The number of amides is 2. The highest BCUT2D eigenvalue weighted by Gasteiger charge is 2.32. The van der Waals surface area contributed by atoms with E-state index in [9.17, 15) is 9.59 Å². The molecule has 0 fully saturated rings. The normalized spacial score (nSPS) is 14.7. The second kappa shape index (κ2) is 7.51. The van der Waals surface area contributed by atoms with Gasteiger partial charge in [0.2, 0.25) is 0 Å². The Kier molecular flexibility index (Phi) is 7.13. The van der Waals surface area contributed by atoms with Gasteiger partial charge in [-0.15, -0.1) is 0 Å². The number of urea groups is 1. The monoisotopic (exact) mass is 276 g/mol. The van der Waals surface area contributed by atoms with E-state index in [1.165, 1.54) is 0 Å². The van der Waals surface area contributed by atoms with Gasteiger partial charge in [0.25, 0.3) is 0 Å². The first kappa shape index (κ1) is 17.1. The lowest BCUT2D eigenvalue weighted by atomic mass is 9.87. The molecule has 5 nitrogen and oxygen atoms in total. The van der Waals surface area contributed by atoms with Crippen LogP contribution in [0.1, 0.15) is 34.6 Å². The summed E-state index contributed by atoms with van der Waals surface area (Å²) in [7, 11) is 0. The topological polar surface area (TPSA) is 78.4 Å². The van der Waals surface area contributed by atoms with Crippen LogP contribution in [0.5, 0.6) is 0 Å². The van der Waals surface area contributed by atoms with E-state index >= 15 is 0 Å². The van der Waals surface area contributed by atoms with Crippen LogP contribution in [0.4, 0.5) is 4.79 Å². The second-order valence-electron chi connectivity index (χ2n) is 5.32. The van der Waals surface area contributed by atoms with Gasteiger partial charge in [-0.05, 0) is 18.1 Å². The number of hydrogen-bond acceptors (Lipinski definition) is 3. The third-order valence-corrected chi connectivity index (χ3v) is 3.48. The quantitative estimate of drug-likeness (QED) is 0.692. The minimum Gasteiger partial charge on any atom is -0.480 e. The maximum atomic E-state index is 11.7. The molecule has 2 amide bonds. The third kappa shape index (κ3) is 6.74. The van der Waals surface area contributed by atoms with Crippen molar-refractivity contribution in [1.29, 1.82) is 0 Å². The Bertz CT molecular complexity index is 290. The summed E-state index contributed by atoms with van der Waals surface area (Å²) in [6.07, 6.45) is 0. The van der Waals surface area contributed by atoms with Crippen LogP contribution >= 0.6 is 11.8 Å². The molecular weight excluding hydrogens is 252 g/mol. The van der Waals surface area contributed by atoms with Crippen molar-refractivity contribution < 1.29 is 14.7 Å². The van der Waals surface area contributed by atoms with Crippen LogP contribution in [0.15, 0.2) is 0 Å². The van der Waals surface area contributed by atoms with E-state index in [0.29, 0.717) is 0 Å². The first-order valence-electron chi connectivity index (χ1n) is 6.06. The number of thioether (sulfide) groups is 1. The first-order valence-corrected chi connectivity index (χ1v) is 7.21. The van der Waals surface area contributed by atoms with Crippen LogP contribution in [0.2, 0.25) is 0 Å². The number of carboxylic acids is 1. The van der Waals surface area contributed by atoms with Crippen molar-refractivity contribution in [1.82, 2.24) is 10.6 Å². The van der Waals surface area contributed by atoms with Crippen molar-refractivity contribution in [2.75, 3.05) is 11.5 Å². The molecule has 0 aromatic carbocycles. The van der Waals surface area contributed by atoms with Gasteiger partial charge in [-0.25, -0.2) is 9.59 Å². The van der Waals surface area contributed by atoms with Crippen molar-refractivity contribution in [3.05, 3.63) is 0 Å². The van der Waals surface area contributed by atoms with Crippen molar-refractivity contribution in [2.45, 2.75) is 46.7 Å². The lowest BCUT2D eigenvalue weighted by Crippen LogP contribution is -2.53. The molecule has 0 spiro atoms. The summed E-state index contributed by atoms with van der Waals surface area (Å²) in [5.74, 6) is 0.790. The van der Waals surface area contributed by atoms with E-state index in [1.54, 1.807) is 32.5 Å². The fourth-order valence-corrected chi connectivity index (χ4v) is 2.05. The Hall–Kier alpha value is -0.910. The van der Waals surface area contributed by atoms with Crippen molar-refractivity contribution in [3.8, 4) is 0 Å². The summed E-state index contributed by atoms with van der Waals surface area (Å²) in [5, 5.41) is 14.3. The van der Waals surface area contributed by atoms with Crippen LogP contribution in [0.25, 0.3) is 0 Å². The molecular formula is C12H24N2O3S. The molecule has 0 rings (SSSR count). The number of nitrogens with one attached hydrogen (secondary N) is 2. The predicted octanol–water partition coefficient (Wildman–Crippen LogP) is 1.93. The number of hydrogen-bond donors (Lipinski definition) is 3. The molecule has 6 heteroatoms. The summed E-state index contributed by atoms with van der Waals surface area (Å²) in [6.45, 7) is 9.29. The Morgan fingerprint density at radius 3 is 2.22 bits per heavy atom. The zero-order valence-corrected chi connectivity index (χ0v) is 12.6. The second-order valence-corrected chi connectivity index (χ2v) is 6.63. The van der Waals surface area contributed by atoms with Crippen LogP contribution in [-0.2, 0) is 4.79 Å². The maximum absolute atomic E-state index is 11.7. The molecule has 2 unspecified atom stereocenters. The van der Waals surface area contributed by atoms with E-state index in [1.807, 2.05) is 6.92 Å². The molecule has 0 aromatic heterocycles. The van der Waals surface area contributed by atoms with Gasteiger partial charge < -0.3 is 15.7 Å². The molecule has 2 atom stereocenters. The lowest BCUT2D eigenvalue weighted by molar-refractivity contribution is -0.141. The van der Waals surface area contributed by atoms with E-state index in [4.69, 9.17) is 5.11 Å². The third-order valence-electron chi connectivity index (χ3n) is 2.34. The molecule has 0 aromatic rings. The summed E-state index contributed by atoms with van der Waals surface area (Å²) in [6, 6.07) is -1.31. The molecule has 3 N–H and O–H groups in total. The average molecular weight is 276 g/mol. The lowest BCUT2D eigenvalue weighted by Gasteiger charge is -2.28. The number of carbonyl (C=O) groups excluding carboxylic acids is 1. The first-order chi connectivity index (χ1) is 8.18. The molecule has 0 saturated carbocycles. The van der Waals surface area contributed by atoms with Gasteiger partial charge in [0, 0.05) is 11.8 Å². The number of rotatable bonds is 6. The SMILES string of the molecule is CCSCC(C)NC(=O)NC(C(=O)O)C(C)(C)C. The molecule has 0 aliphatic carbocycles. The number of carbonyl (C=O) groups is 2. The van der Waals surface area contributed by atoms with Crippen LogP contribution in [0, 0.1) is 5.41 Å². The molecule has 0 heterocycles. The highest BCUT2D eigenvalue weighted by molar-refractivity contribution is 7.99. The highest BCUT2D eigenvalue weighted by Crippen LogP contribution is 2.19. The van der Waals surface area contributed by atoms with Crippen molar-refractivity contribution in [2.24, 2.45) is 5.41 Å². The standard InChI is InChI=1S/C12H24N2O3S/c1-6-18-7-8(2)13-11(17)14-9(10(15)16)12(3,4)5/h8-9H,6-7H2,1-5H3,(H,15,16)(H2,13,14,17). The Labute approximate surface area is 113 Å². The molecule has 0 bridgehead atoms. The van der Waals surface area contributed by atoms with Crippen molar-refractivity contribution >= 4 is 23.8 Å². The van der Waals surface area contributed by atoms with Gasteiger partial charge in [0.05, 0.1) is 0 Å². The molecule has 0 aliphatic rings. The number of carboxylic acid groups (broad SMARTS) is 1. The average Bonchev–Trinajstić information content (AvgIpc) is 2.21. The van der Waals surface area contributed by atoms with Gasteiger partial charge in [-0.2, -0.15) is 11.8 Å². The molecule has 18 heavy (non-hydrogen) atoms. The highest BCUT2D eigenvalue weighted by atomic mass is 32.2. The van der Waals surface area contributed by atoms with E-state index in [2.05, 4.69) is 17.6 Å². The summed E-state index contributed by atoms with van der Waals surface area (Å²) in [4.78, 5) is 22.8. The minimum atomic E-state index is -1.02. The summed E-state index contributed by atoms with van der Waals surface area (Å²) < 4.78 is 0. The van der Waals surface area contributed by atoms with Gasteiger partial charge in [0.1, 0.15) is 6.04 Å². The fraction of sp³-hybridized carbons (Fsp3) is 0.833. The fourth-order valence-electron chi connectivity index (χ4n) is 1.38. The summed E-state index contributed by atoms with van der Waals surface area (Å²) in [5.41, 5.74) is -0.523. The summed E-state index contributed by atoms with van der Waals surface area (Å²) >= 11 is 1.73. The van der Waals surface area contributed by atoms with Gasteiger partial charge >= 0.3 is 12.0 Å². The minimum absolute atomic E-state index is 0.0179. The van der Waals surface area contributed by atoms with Gasteiger partial charge in [-0.1, -0.05) is 27.7 Å². The van der Waals surface area contributed by atoms with Crippen molar-refractivity contribution in [3.63, 3.8) is 0 Å². The number of aliphatic carboxylic acids is 1.